The van der Waals surface area contributed by atoms with Crippen LogP contribution in [0.15, 0.2) is 23.1 Å². The third-order valence-corrected chi connectivity index (χ3v) is 7.66. The van der Waals surface area contributed by atoms with Gasteiger partial charge in [-0.3, -0.25) is 4.79 Å². The molecule has 0 radical (unpaired) electrons. The fraction of sp³-hybridized carbons (Fsp3) is 0.450. The summed E-state index contributed by atoms with van der Waals surface area (Å²) in [5.74, 6) is -2.85. The van der Waals surface area contributed by atoms with Crippen molar-refractivity contribution in [1.82, 2.24) is 9.29 Å². The summed E-state index contributed by atoms with van der Waals surface area (Å²) in [7, 11) is -4.04. The van der Waals surface area contributed by atoms with Crippen LogP contribution in [0.25, 0.3) is 0 Å². The van der Waals surface area contributed by atoms with Crippen LogP contribution in [0, 0.1) is 11.6 Å². The van der Waals surface area contributed by atoms with E-state index < -0.39 is 33.1 Å². The maximum absolute atomic E-state index is 13.5. The Hall–Kier alpha value is -2.01. The first-order valence-electron chi connectivity index (χ1n) is 9.90. The van der Waals surface area contributed by atoms with Crippen molar-refractivity contribution in [3.8, 4) is 0 Å². The smallest absolute Gasteiger partial charge is 0.273 e. The summed E-state index contributed by atoms with van der Waals surface area (Å²) in [6.07, 6.45) is 2.83. The van der Waals surface area contributed by atoms with Gasteiger partial charge >= 0.3 is 0 Å². The van der Waals surface area contributed by atoms with Crippen LogP contribution < -0.4 is 10.0 Å². The van der Waals surface area contributed by atoms with Crippen LogP contribution in [0.1, 0.15) is 42.4 Å². The second kappa shape index (κ2) is 8.16. The molecule has 1 aromatic heterocycles. The fourth-order valence-corrected chi connectivity index (χ4v) is 6.27. The fourth-order valence-electron chi connectivity index (χ4n) is 3.95. The van der Waals surface area contributed by atoms with Gasteiger partial charge in [-0.1, -0.05) is 18.0 Å². The molecule has 0 spiro atoms. The van der Waals surface area contributed by atoms with Crippen molar-refractivity contribution in [3.63, 3.8) is 0 Å². The predicted molar refractivity (Wildman–Crippen MR) is 111 cm³/mol. The van der Waals surface area contributed by atoms with Crippen LogP contribution in [0.2, 0.25) is 5.02 Å². The minimum atomic E-state index is -4.04. The monoisotopic (exact) mass is 473 g/mol. The number of carbonyl (C=O) groups excluding carboxylic acids is 1. The number of ether oxygens (including phenoxy) is 1. The summed E-state index contributed by atoms with van der Waals surface area (Å²) in [6, 6.07) is 2.96. The molecule has 11 heteroatoms. The molecule has 3 heterocycles. The van der Waals surface area contributed by atoms with Gasteiger partial charge in [-0.25, -0.2) is 21.9 Å². The number of hydrogen-bond acceptors (Lipinski definition) is 4. The van der Waals surface area contributed by atoms with Gasteiger partial charge in [0.2, 0.25) is 10.0 Å². The van der Waals surface area contributed by atoms with Gasteiger partial charge in [0.1, 0.15) is 10.6 Å². The largest absolute Gasteiger partial charge is 0.377 e. The number of halogens is 3. The quantitative estimate of drug-likeness (QED) is 0.696. The topological polar surface area (TPSA) is 89.4 Å². The van der Waals surface area contributed by atoms with Crippen LogP contribution in [-0.4, -0.2) is 37.6 Å². The summed E-state index contributed by atoms with van der Waals surface area (Å²) in [5, 5.41) is 2.30. The number of fused-ring (bicyclic) bond motifs is 1. The lowest BCUT2D eigenvalue weighted by Gasteiger charge is -2.38. The van der Waals surface area contributed by atoms with Gasteiger partial charge in [-0.15, -0.1) is 0 Å². The highest BCUT2D eigenvalue weighted by molar-refractivity contribution is 7.89. The molecule has 0 atom stereocenters. The highest BCUT2D eigenvalue weighted by Crippen LogP contribution is 2.36. The van der Waals surface area contributed by atoms with Crippen LogP contribution in [0.5, 0.6) is 0 Å². The maximum atomic E-state index is 13.5. The van der Waals surface area contributed by atoms with Gasteiger partial charge in [0.25, 0.3) is 5.91 Å². The van der Waals surface area contributed by atoms with Gasteiger partial charge in [0.05, 0.1) is 23.8 Å². The number of hydrogen-bond donors (Lipinski definition) is 2. The standard InChI is InChI=1S/C20H22ClF2N3O4S/c1-20(10-30-11-20)25-31(28,29)18-15-5-3-2-4-8-26(15)17(16(18)21)19(27)24-12-6-7-13(22)14(23)9-12/h6-7,9,25H,2-5,8,10-11H2,1H3,(H,24,27). The Kier molecular flexibility index (Phi) is 5.84. The van der Waals surface area contributed by atoms with Crippen LogP contribution in [-0.2, 0) is 27.7 Å². The molecule has 2 aliphatic rings. The van der Waals surface area contributed by atoms with E-state index in [-0.39, 0.29) is 34.5 Å². The van der Waals surface area contributed by atoms with Crippen molar-refractivity contribution < 1.29 is 26.7 Å². The first kappa shape index (κ1) is 22.2. The van der Waals surface area contributed by atoms with E-state index in [9.17, 15) is 22.0 Å². The molecule has 2 aromatic rings. The molecule has 1 fully saturated rings. The molecule has 168 valence electrons. The number of benzene rings is 1. The van der Waals surface area contributed by atoms with E-state index in [1.54, 1.807) is 11.5 Å². The molecule has 1 saturated heterocycles. The van der Waals surface area contributed by atoms with E-state index >= 15 is 0 Å². The van der Waals surface area contributed by atoms with E-state index in [2.05, 4.69) is 10.0 Å². The van der Waals surface area contributed by atoms with Crippen molar-refractivity contribution in [2.75, 3.05) is 18.5 Å². The molecule has 31 heavy (non-hydrogen) atoms. The Morgan fingerprint density at radius 1 is 1.19 bits per heavy atom. The molecule has 7 nitrogen and oxygen atoms in total. The van der Waals surface area contributed by atoms with Crippen molar-refractivity contribution in [2.45, 2.75) is 49.6 Å². The molecule has 1 aromatic carbocycles. The second-order valence-corrected chi connectivity index (χ2v) is 10.1. The number of anilines is 1. The van der Waals surface area contributed by atoms with Gasteiger partial charge in [-0.2, -0.15) is 0 Å². The molecule has 0 aliphatic carbocycles. The number of nitrogens with zero attached hydrogens (tertiary/aromatic N) is 1. The van der Waals surface area contributed by atoms with E-state index in [1.807, 2.05) is 0 Å². The third kappa shape index (κ3) is 4.21. The summed E-state index contributed by atoms with van der Waals surface area (Å²) in [6.45, 7) is 2.63. The average molecular weight is 474 g/mol. The second-order valence-electron chi connectivity index (χ2n) is 8.14. The van der Waals surface area contributed by atoms with E-state index in [4.69, 9.17) is 16.3 Å². The lowest BCUT2D eigenvalue weighted by molar-refractivity contribution is -0.0523. The normalized spacial score (nSPS) is 18.1. The summed E-state index contributed by atoms with van der Waals surface area (Å²) in [5.41, 5.74) is -0.255. The Labute approximate surface area is 183 Å². The minimum absolute atomic E-state index is 0.0151. The van der Waals surface area contributed by atoms with E-state index in [0.717, 1.165) is 31.4 Å². The van der Waals surface area contributed by atoms with Crippen molar-refractivity contribution >= 4 is 33.2 Å². The van der Waals surface area contributed by atoms with Gasteiger partial charge in [0, 0.05) is 24.0 Å². The Morgan fingerprint density at radius 3 is 2.58 bits per heavy atom. The van der Waals surface area contributed by atoms with Crippen molar-refractivity contribution in [3.05, 3.63) is 46.2 Å². The molecule has 0 unspecified atom stereocenters. The summed E-state index contributed by atoms with van der Waals surface area (Å²) >= 11 is 6.50. The zero-order valence-electron chi connectivity index (χ0n) is 16.8. The Bertz CT molecular complexity index is 1150. The lowest BCUT2D eigenvalue weighted by Crippen LogP contribution is -2.59. The highest BCUT2D eigenvalue weighted by atomic mass is 35.5. The number of amides is 1. The predicted octanol–water partition coefficient (Wildman–Crippen LogP) is 3.47. The summed E-state index contributed by atoms with van der Waals surface area (Å²) < 4.78 is 62.6. The van der Waals surface area contributed by atoms with Gasteiger partial charge in [0.15, 0.2) is 11.6 Å². The lowest BCUT2D eigenvalue weighted by atomic mass is 10.0. The Morgan fingerprint density at radius 2 is 1.94 bits per heavy atom. The highest BCUT2D eigenvalue weighted by Gasteiger charge is 2.41. The van der Waals surface area contributed by atoms with Crippen molar-refractivity contribution in [2.24, 2.45) is 0 Å². The van der Waals surface area contributed by atoms with Crippen molar-refractivity contribution in [1.29, 1.82) is 0 Å². The van der Waals surface area contributed by atoms with Crippen LogP contribution >= 0.6 is 11.6 Å². The minimum Gasteiger partial charge on any atom is -0.377 e. The zero-order valence-corrected chi connectivity index (χ0v) is 18.4. The molecular weight excluding hydrogens is 452 g/mol. The number of rotatable bonds is 5. The van der Waals surface area contributed by atoms with E-state index in [0.29, 0.717) is 18.7 Å². The first-order valence-corrected chi connectivity index (χ1v) is 11.8. The third-order valence-electron chi connectivity index (χ3n) is 5.44. The Balaban J connectivity index is 1.76. The SMILES string of the molecule is CC1(NS(=O)(=O)c2c(Cl)c(C(=O)Nc3ccc(F)c(F)c3)n3c2CCCCC3)COC1. The summed E-state index contributed by atoms with van der Waals surface area (Å²) in [4.78, 5) is 12.9. The van der Waals surface area contributed by atoms with Crippen LogP contribution in [0.3, 0.4) is 0 Å². The zero-order chi connectivity index (χ0) is 22.4. The molecule has 0 bridgehead atoms. The van der Waals surface area contributed by atoms with E-state index in [1.165, 1.54) is 6.07 Å². The molecule has 2 N–H and O–H groups in total. The molecule has 4 rings (SSSR count). The average Bonchev–Trinajstić information content (AvgIpc) is 2.79. The number of carbonyl (C=O) groups is 1. The first-order chi connectivity index (χ1) is 14.6. The molecular formula is C20H22ClF2N3O4S. The number of nitrogens with one attached hydrogen (secondary N) is 2. The molecule has 1 amide bonds. The van der Waals surface area contributed by atoms with Gasteiger partial charge < -0.3 is 14.6 Å². The molecule has 0 saturated carbocycles. The number of sulfonamides is 1. The maximum Gasteiger partial charge on any atom is 0.273 e. The molecule has 2 aliphatic heterocycles. The van der Waals surface area contributed by atoms with Crippen LogP contribution in [0.4, 0.5) is 14.5 Å². The van der Waals surface area contributed by atoms with Gasteiger partial charge in [-0.05, 0) is 38.3 Å². The number of aromatic nitrogens is 1.